The first-order valence-electron chi connectivity index (χ1n) is 11.2. The van der Waals surface area contributed by atoms with Crippen LogP contribution < -0.4 is 9.47 Å². The van der Waals surface area contributed by atoms with Gasteiger partial charge in [0.15, 0.2) is 18.1 Å². The van der Waals surface area contributed by atoms with Crippen molar-refractivity contribution in [3.05, 3.63) is 23.8 Å². The van der Waals surface area contributed by atoms with Crippen LogP contribution in [0.2, 0.25) is 0 Å². The monoisotopic (exact) mass is 415 g/mol. The fraction of sp³-hybridized carbons (Fsp3) is 0.667. The summed E-state index contributed by atoms with van der Waals surface area (Å²) in [7, 11) is 3.19. The molecule has 30 heavy (non-hydrogen) atoms. The second-order valence-electron chi connectivity index (χ2n) is 9.16. The Balaban J connectivity index is 1.33. The highest BCUT2D eigenvalue weighted by molar-refractivity contribution is 5.81. The van der Waals surface area contributed by atoms with Crippen molar-refractivity contribution in [2.45, 2.75) is 45.6 Å². The second kappa shape index (κ2) is 8.86. The van der Waals surface area contributed by atoms with Crippen LogP contribution in [-0.2, 0) is 20.9 Å². The molecule has 164 valence electrons. The standard InChI is InChI=1S/C24H33NO5/c1-4-25(13-15-5-6-20(28-2)21(12-15)29-3)22(26)14-30-24(27)23-18-8-16-7-17(10-18)11-19(23)9-16/h5-6,12,16-19,23H,4,7-11,13-14H2,1-3H3. The highest BCUT2D eigenvalue weighted by Crippen LogP contribution is 2.56. The lowest BCUT2D eigenvalue weighted by Crippen LogP contribution is -2.48. The van der Waals surface area contributed by atoms with E-state index in [-0.39, 0.29) is 24.4 Å². The summed E-state index contributed by atoms with van der Waals surface area (Å²) in [6.45, 7) is 2.73. The van der Waals surface area contributed by atoms with E-state index >= 15 is 0 Å². The molecular formula is C24H33NO5. The van der Waals surface area contributed by atoms with Crippen LogP contribution in [0, 0.1) is 29.6 Å². The molecule has 6 nitrogen and oxygen atoms in total. The van der Waals surface area contributed by atoms with Gasteiger partial charge < -0.3 is 19.1 Å². The van der Waals surface area contributed by atoms with Crippen molar-refractivity contribution in [1.82, 2.24) is 4.90 Å². The van der Waals surface area contributed by atoms with Gasteiger partial charge >= 0.3 is 5.97 Å². The summed E-state index contributed by atoms with van der Waals surface area (Å²) >= 11 is 0. The first-order valence-corrected chi connectivity index (χ1v) is 11.2. The predicted octanol–water partition coefficient (Wildman–Crippen LogP) is 3.67. The average Bonchev–Trinajstić information content (AvgIpc) is 2.74. The Kier molecular flexibility index (Phi) is 6.21. The topological polar surface area (TPSA) is 65.1 Å². The molecule has 4 aliphatic carbocycles. The van der Waals surface area contributed by atoms with Gasteiger partial charge in [-0.05, 0) is 80.4 Å². The minimum Gasteiger partial charge on any atom is -0.493 e. The Morgan fingerprint density at radius 1 is 0.967 bits per heavy atom. The van der Waals surface area contributed by atoms with E-state index in [0.717, 1.165) is 17.4 Å². The maximum Gasteiger partial charge on any atom is 0.310 e. The predicted molar refractivity (Wildman–Crippen MR) is 112 cm³/mol. The van der Waals surface area contributed by atoms with E-state index in [9.17, 15) is 9.59 Å². The van der Waals surface area contributed by atoms with Crippen LogP contribution in [0.1, 0.15) is 44.6 Å². The summed E-state index contributed by atoms with van der Waals surface area (Å²) in [5.74, 6) is 3.55. The van der Waals surface area contributed by atoms with Gasteiger partial charge in [-0.2, -0.15) is 0 Å². The van der Waals surface area contributed by atoms with Crippen LogP contribution in [0.25, 0.3) is 0 Å². The Morgan fingerprint density at radius 2 is 1.60 bits per heavy atom. The van der Waals surface area contributed by atoms with Gasteiger partial charge in [0.2, 0.25) is 0 Å². The molecule has 0 saturated heterocycles. The van der Waals surface area contributed by atoms with Gasteiger partial charge in [-0.25, -0.2) is 0 Å². The molecule has 0 radical (unpaired) electrons. The van der Waals surface area contributed by atoms with Gasteiger partial charge in [-0.3, -0.25) is 9.59 Å². The summed E-state index contributed by atoms with van der Waals surface area (Å²) in [4.78, 5) is 27.3. The van der Waals surface area contributed by atoms with Crippen LogP contribution in [0.5, 0.6) is 11.5 Å². The van der Waals surface area contributed by atoms with Crippen LogP contribution in [-0.4, -0.2) is 44.1 Å². The smallest absolute Gasteiger partial charge is 0.310 e. The molecule has 0 aliphatic heterocycles. The van der Waals surface area contributed by atoms with Crippen molar-refractivity contribution >= 4 is 11.9 Å². The molecule has 0 unspecified atom stereocenters. The molecule has 1 amide bonds. The molecule has 5 rings (SSSR count). The Bertz CT molecular complexity index is 764. The van der Waals surface area contributed by atoms with E-state index in [1.165, 1.54) is 32.1 Å². The van der Waals surface area contributed by atoms with Crippen molar-refractivity contribution in [1.29, 1.82) is 0 Å². The quantitative estimate of drug-likeness (QED) is 0.606. The van der Waals surface area contributed by atoms with Crippen LogP contribution >= 0.6 is 0 Å². The third-order valence-electron chi connectivity index (χ3n) is 7.39. The van der Waals surface area contributed by atoms with Gasteiger partial charge in [0.25, 0.3) is 5.91 Å². The fourth-order valence-electron chi connectivity index (χ4n) is 6.21. The molecule has 0 N–H and O–H groups in total. The van der Waals surface area contributed by atoms with E-state index in [1.807, 2.05) is 25.1 Å². The maximum atomic E-state index is 12.8. The number of hydrogen-bond acceptors (Lipinski definition) is 5. The van der Waals surface area contributed by atoms with Crippen molar-refractivity contribution in [2.24, 2.45) is 29.6 Å². The number of amides is 1. The highest BCUT2D eigenvalue weighted by atomic mass is 16.5. The van der Waals surface area contributed by atoms with Crippen molar-refractivity contribution in [3.8, 4) is 11.5 Å². The molecule has 0 heterocycles. The number of carbonyl (C=O) groups is 2. The summed E-state index contributed by atoms with van der Waals surface area (Å²) < 4.78 is 16.2. The third kappa shape index (κ3) is 4.14. The Morgan fingerprint density at radius 3 is 2.17 bits per heavy atom. The number of carbonyl (C=O) groups excluding carboxylic acids is 2. The first kappa shape index (κ1) is 21.0. The van der Waals surface area contributed by atoms with Crippen molar-refractivity contribution in [2.75, 3.05) is 27.4 Å². The first-order chi connectivity index (χ1) is 14.5. The summed E-state index contributed by atoms with van der Waals surface area (Å²) in [6.07, 6.45) is 6.03. The molecule has 4 bridgehead atoms. The zero-order chi connectivity index (χ0) is 21.3. The fourth-order valence-corrected chi connectivity index (χ4v) is 6.21. The number of rotatable bonds is 8. The van der Waals surface area contributed by atoms with Gasteiger partial charge in [-0.1, -0.05) is 6.07 Å². The lowest BCUT2D eigenvalue weighted by Gasteiger charge is -2.53. The SMILES string of the molecule is CCN(Cc1ccc(OC)c(OC)c1)C(=O)COC(=O)C1C2CC3CC(C2)CC1C3. The Hall–Kier alpha value is -2.24. The molecular weight excluding hydrogens is 382 g/mol. The highest BCUT2D eigenvalue weighted by Gasteiger charge is 2.51. The molecule has 1 aromatic carbocycles. The van der Waals surface area contributed by atoms with Crippen LogP contribution in [0.4, 0.5) is 0 Å². The van der Waals surface area contributed by atoms with Gasteiger partial charge in [0.1, 0.15) is 0 Å². The zero-order valence-electron chi connectivity index (χ0n) is 18.3. The number of ether oxygens (including phenoxy) is 3. The van der Waals surface area contributed by atoms with Gasteiger partial charge in [0.05, 0.1) is 20.1 Å². The zero-order valence-corrected chi connectivity index (χ0v) is 18.3. The number of nitrogens with zero attached hydrogens (tertiary/aromatic N) is 1. The molecule has 0 spiro atoms. The van der Waals surface area contributed by atoms with E-state index in [0.29, 0.717) is 36.4 Å². The van der Waals surface area contributed by atoms with Crippen molar-refractivity contribution in [3.63, 3.8) is 0 Å². The molecule has 0 atom stereocenters. The minimum atomic E-state index is -0.178. The second-order valence-corrected chi connectivity index (χ2v) is 9.16. The molecule has 4 saturated carbocycles. The molecule has 6 heteroatoms. The van der Waals surface area contributed by atoms with Crippen molar-refractivity contribution < 1.29 is 23.8 Å². The van der Waals surface area contributed by atoms with E-state index in [1.54, 1.807) is 19.1 Å². The number of esters is 1. The number of likely N-dealkylation sites (N-methyl/N-ethyl adjacent to an activating group) is 1. The van der Waals surface area contributed by atoms with Crippen LogP contribution in [0.15, 0.2) is 18.2 Å². The van der Waals surface area contributed by atoms with E-state index < -0.39 is 0 Å². The lowest BCUT2D eigenvalue weighted by atomic mass is 9.52. The number of hydrogen-bond donors (Lipinski definition) is 0. The third-order valence-corrected chi connectivity index (χ3v) is 7.39. The molecule has 0 aromatic heterocycles. The number of methoxy groups -OCH3 is 2. The Labute approximate surface area is 178 Å². The van der Waals surface area contributed by atoms with E-state index in [4.69, 9.17) is 14.2 Å². The largest absolute Gasteiger partial charge is 0.493 e. The van der Waals surface area contributed by atoms with Gasteiger partial charge in [0, 0.05) is 13.1 Å². The summed E-state index contributed by atoms with van der Waals surface area (Å²) in [5.41, 5.74) is 0.940. The van der Waals surface area contributed by atoms with Gasteiger partial charge in [-0.15, -0.1) is 0 Å². The molecule has 1 aromatic rings. The maximum absolute atomic E-state index is 12.8. The average molecular weight is 416 g/mol. The number of benzene rings is 1. The molecule has 4 fully saturated rings. The lowest BCUT2D eigenvalue weighted by molar-refractivity contribution is -0.166. The van der Waals surface area contributed by atoms with Crippen LogP contribution in [0.3, 0.4) is 0 Å². The molecule has 4 aliphatic rings. The summed E-state index contributed by atoms with van der Waals surface area (Å²) in [5, 5.41) is 0. The van der Waals surface area contributed by atoms with E-state index in [2.05, 4.69) is 0 Å². The minimum absolute atomic E-state index is 0.00604. The summed E-state index contributed by atoms with van der Waals surface area (Å²) in [6, 6.07) is 5.62. The normalized spacial score (nSPS) is 28.8.